The Bertz CT molecular complexity index is 623. The molecule has 0 fully saturated rings. The monoisotopic (exact) mass is 273 g/mol. The Morgan fingerprint density at radius 3 is 2.63 bits per heavy atom. The average molecular weight is 274 g/mol. The van der Waals surface area contributed by atoms with Crippen LogP contribution in [0, 0.1) is 11.3 Å². The molecule has 1 aromatic carbocycles. The van der Waals surface area contributed by atoms with Gasteiger partial charge in [0.05, 0.1) is 16.9 Å². The van der Waals surface area contributed by atoms with E-state index in [0.29, 0.717) is 11.4 Å². The summed E-state index contributed by atoms with van der Waals surface area (Å²) in [6.45, 7) is 4.17. The van der Waals surface area contributed by atoms with E-state index >= 15 is 0 Å². The van der Waals surface area contributed by atoms with Crippen molar-refractivity contribution in [1.29, 1.82) is 5.26 Å². The minimum absolute atomic E-state index is 0.412. The quantitative estimate of drug-likeness (QED) is 0.799. The van der Waals surface area contributed by atoms with Crippen LogP contribution in [0.1, 0.15) is 36.4 Å². The Morgan fingerprint density at radius 1 is 1.26 bits per heavy atom. The first-order chi connectivity index (χ1) is 9.23. The number of rotatable bonds is 4. The fourth-order valence-corrected chi connectivity index (χ4v) is 2.21. The van der Waals surface area contributed by atoms with Crippen LogP contribution < -0.4 is 0 Å². The van der Waals surface area contributed by atoms with Crippen LogP contribution in [0.4, 0.5) is 0 Å². The fourth-order valence-electron chi connectivity index (χ4n) is 2.05. The van der Waals surface area contributed by atoms with Crippen LogP contribution in [-0.2, 0) is 18.7 Å². The first kappa shape index (κ1) is 13.6. The molecule has 0 saturated heterocycles. The normalized spacial score (nSPS) is 10.4. The van der Waals surface area contributed by atoms with Gasteiger partial charge in [-0.1, -0.05) is 19.9 Å². The van der Waals surface area contributed by atoms with E-state index < -0.39 is 0 Å². The SMILES string of the molecule is CCc1cc(CC)n(-c2ccc(CCl)cc2C#N)n1. The summed E-state index contributed by atoms with van der Waals surface area (Å²) < 4.78 is 1.87. The molecule has 2 aromatic rings. The van der Waals surface area contributed by atoms with Crippen LogP contribution in [-0.4, -0.2) is 9.78 Å². The lowest BCUT2D eigenvalue weighted by atomic mass is 10.1. The van der Waals surface area contributed by atoms with Crippen LogP contribution in [0.15, 0.2) is 24.3 Å². The van der Waals surface area contributed by atoms with Crippen LogP contribution in [0.2, 0.25) is 0 Å². The molecule has 0 spiro atoms. The lowest BCUT2D eigenvalue weighted by molar-refractivity contribution is 0.792. The molecule has 3 nitrogen and oxygen atoms in total. The third kappa shape index (κ3) is 2.64. The molecular formula is C15H16ClN3. The molecule has 4 heteroatoms. The molecule has 0 aliphatic rings. The standard InChI is InChI=1S/C15H16ClN3/c1-3-13-8-14(4-2)19(18-13)15-6-5-11(9-16)7-12(15)10-17/h5-8H,3-4,9H2,1-2H3. The maximum Gasteiger partial charge on any atom is 0.101 e. The fraction of sp³-hybridized carbons (Fsp3) is 0.333. The maximum atomic E-state index is 9.29. The van der Waals surface area contributed by atoms with Crippen molar-refractivity contribution in [2.45, 2.75) is 32.6 Å². The summed E-state index contributed by atoms with van der Waals surface area (Å²) in [7, 11) is 0. The van der Waals surface area contributed by atoms with Gasteiger partial charge in [0.25, 0.3) is 0 Å². The molecule has 19 heavy (non-hydrogen) atoms. The van der Waals surface area contributed by atoms with Crippen LogP contribution in [0.3, 0.4) is 0 Å². The van der Waals surface area contributed by atoms with Crippen LogP contribution in [0.25, 0.3) is 5.69 Å². The Kier molecular flexibility index (Phi) is 4.24. The van der Waals surface area contributed by atoms with E-state index in [2.05, 4.69) is 31.1 Å². The maximum absolute atomic E-state index is 9.29. The molecule has 0 N–H and O–H groups in total. The van der Waals surface area contributed by atoms with Gasteiger partial charge in [-0.05, 0) is 36.6 Å². The summed E-state index contributed by atoms with van der Waals surface area (Å²) in [5.74, 6) is 0.412. The van der Waals surface area contributed by atoms with E-state index in [1.807, 2.05) is 22.9 Å². The van der Waals surface area contributed by atoms with Gasteiger partial charge in [0.1, 0.15) is 6.07 Å². The second-order valence-corrected chi connectivity index (χ2v) is 4.61. The zero-order valence-corrected chi connectivity index (χ0v) is 11.9. The Hall–Kier alpha value is -1.79. The summed E-state index contributed by atoms with van der Waals surface area (Å²) in [6, 6.07) is 10.0. The highest BCUT2D eigenvalue weighted by Crippen LogP contribution is 2.20. The van der Waals surface area contributed by atoms with Gasteiger partial charge in [-0.15, -0.1) is 11.6 Å². The molecule has 0 aliphatic heterocycles. The van der Waals surface area contributed by atoms with Gasteiger partial charge in [0, 0.05) is 11.6 Å². The third-order valence-electron chi connectivity index (χ3n) is 3.12. The van der Waals surface area contributed by atoms with E-state index in [9.17, 15) is 5.26 Å². The summed E-state index contributed by atoms with van der Waals surface area (Å²) in [4.78, 5) is 0. The number of hydrogen-bond donors (Lipinski definition) is 0. The second kappa shape index (κ2) is 5.90. The summed E-state index contributed by atoms with van der Waals surface area (Å²) >= 11 is 5.81. The van der Waals surface area contributed by atoms with Crippen molar-refractivity contribution in [2.75, 3.05) is 0 Å². The van der Waals surface area contributed by atoms with Crippen LogP contribution >= 0.6 is 11.6 Å². The summed E-state index contributed by atoms with van der Waals surface area (Å²) in [6.07, 6.45) is 1.77. The van der Waals surface area contributed by atoms with Gasteiger partial charge in [0.15, 0.2) is 0 Å². The largest absolute Gasteiger partial charge is 0.236 e. The molecule has 98 valence electrons. The van der Waals surface area contributed by atoms with Crippen molar-refractivity contribution in [1.82, 2.24) is 9.78 Å². The van der Waals surface area contributed by atoms with Crippen molar-refractivity contribution in [2.24, 2.45) is 0 Å². The van der Waals surface area contributed by atoms with E-state index in [1.165, 1.54) is 0 Å². The Balaban J connectivity index is 2.58. The van der Waals surface area contributed by atoms with Gasteiger partial charge in [0.2, 0.25) is 0 Å². The predicted octanol–water partition coefficient (Wildman–Crippen LogP) is 3.61. The average Bonchev–Trinajstić information content (AvgIpc) is 2.89. The first-order valence-corrected chi connectivity index (χ1v) is 6.94. The molecular weight excluding hydrogens is 258 g/mol. The summed E-state index contributed by atoms with van der Waals surface area (Å²) in [5.41, 5.74) is 4.54. The Labute approximate surface area is 118 Å². The molecule has 0 aliphatic carbocycles. The van der Waals surface area contributed by atoms with Crippen LogP contribution in [0.5, 0.6) is 0 Å². The number of halogens is 1. The van der Waals surface area contributed by atoms with E-state index in [-0.39, 0.29) is 0 Å². The molecule has 0 amide bonds. The molecule has 1 aromatic heterocycles. The number of nitriles is 1. The van der Waals surface area contributed by atoms with Crippen molar-refractivity contribution in [3.05, 3.63) is 46.8 Å². The zero-order chi connectivity index (χ0) is 13.8. The number of aryl methyl sites for hydroxylation is 2. The molecule has 0 saturated carbocycles. The molecule has 0 radical (unpaired) electrons. The minimum Gasteiger partial charge on any atom is -0.236 e. The number of hydrogen-bond acceptors (Lipinski definition) is 2. The van der Waals surface area contributed by atoms with Gasteiger partial charge < -0.3 is 0 Å². The van der Waals surface area contributed by atoms with Gasteiger partial charge >= 0.3 is 0 Å². The number of alkyl halides is 1. The van der Waals surface area contributed by atoms with E-state index in [0.717, 1.165) is 35.5 Å². The zero-order valence-electron chi connectivity index (χ0n) is 11.2. The van der Waals surface area contributed by atoms with Crippen molar-refractivity contribution in [3.63, 3.8) is 0 Å². The molecule has 2 rings (SSSR count). The first-order valence-electron chi connectivity index (χ1n) is 6.40. The minimum atomic E-state index is 0.412. The lowest BCUT2D eigenvalue weighted by Gasteiger charge is -2.09. The Morgan fingerprint density at radius 2 is 2.05 bits per heavy atom. The highest BCUT2D eigenvalue weighted by molar-refractivity contribution is 6.17. The van der Waals surface area contributed by atoms with Crippen molar-refractivity contribution in [3.8, 4) is 11.8 Å². The van der Waals surface area contributed by atoms with Gasteiger partial charge in [-0.3, -0.25) is 0 Å². The lowest BCUT2D eigenvalue weighted by Crippen LogP contribution is -2.04. The number of benzene rings is 1. The van der Waals surface area contributed by atoms with Crippen molar-refractivity contribution < 1.29 is 0 Å². The molecule has 1 heterocycles. The number of aromatic nitrogens is 2. The molecule has 0 unspecified atom stereocenters. The second-order valence-electron chi connectivity index (χ2n) is 4.34. The van der Waals surface area contributed by atoms with Gasteiger partial charge in [-0.2, -0.15) is 10.4 Å². The molecule has 0 atom stereocenters. The highest BCUT2D eigenvalue weighted by atomic mass is 35.5. The van der Waals surface area contributed by atoms with E-state index in [4.69, 9.17) is 11.6 Å². The summed E-state index contributed by atoms with van der Waals surface area (Å²) in [5, 5.41) is 13.9. The number of nitrogens with zero attached hydrogens (tertiary/aromatic N) is 3. The highest BCUT2D eigenvalue weighted by Gasteiger charge is 2.11. The topological polar surface area (TPSA) is 41.6 Å². The smallest absolute Gasteiger partial charge is 0.101 e. The van der Waals surface area contributed by atoms with E-state index in [1.54, 1.807) is 0 Å². The molecule has 0 bridgehead atoms. The van der Waals surface area contributed by atoms with Crippen molar-refractivity contribution >= 4 is 11.6 Å². The van der Waals surface area contributed by atoms with Gasteiger partial charge in [-0.25, -0.2) is 4.68 Å². The predicted molar refractivity (Wildman–Crippen MR) is 76.6 cm³/mol. The third-order valence-corrected chi connectivity index (χ3v) is 3.43.